The number of rotatable bonds is 8. The maximum Gasteiger partial charge on any atom is 0.175 e. The van der Waals surface area contributed by atoms with E-state index in [-0.39, 0.29) is 0 Å². The van der Waals surface area contributed by atoms with Crippen molar-refractivity contribution >= 4 is 40.5 Å². The number of fused-ring (bicyclic) bond motifs is 2. The lowest BCUT2D eigenvalue weighted by molar-refractivity contribution is 0.525. The molecule has 0 radical (unpaired) electrons. The molecule has 3 aromatic heterocycles. The highest BCUT2D eigenvalue weighted by atomic mass is 32.2. The van der Waals surface area contributed by atoms with Crippen LogP contribution in [0.25, 0.3) is 22.5 Å². The Labute approximate surface area is 195 Å². The summed E-state index contributed by atoms with van der Waals surface area (Å²) < 4.78 is 7.93. The molecule has 0 unspecified atom stereocenters. The summed E-state index contributed by atoms with van der Waals surface area (Å²) in [5, 5.41) is 4.35. The standard InChI is InChI=1S/C23H26N6OS2/c1-14(2)25-7-4-8-29-22-20(21(24)26-13-27-22)28-23(29)32-19-12-18-15(6-10-31-18)11-16(19)17-5-3-9-30-17/h3,5,9,11-14,25H,4,6-8,10H2,1-2H3,(H2,24,26,27). The van der Waals surface area contributed by atoms with E-state index in [9.17, 15) is 0 Å². The molecule has 0 saturated carbocycles. The third kappa shape index (κ3) is 4.24. The fraction of sp³-hybridized carbons (Fsp3) is 0.348. The zero-order valence-corrected chi connectivity index (χ0v) is 19.8. The van der Waals surface area contributed by atoms with Crippen molar-refractivity contribution in [3.63, 3.8) is 0 Å². The van der Waals surface area contributed by atoms with Crippen molar-refractivity contribution in [1.29, 1.82) is 0 Å². The van der Waals surface area contributed by atoms with Gasteiger partial charge in [-0.2, -0.15) is 0 Å². The number of thioether (sulfide) groups is 1. The van der Waals surface area contributed by atoms with Gasteiger partial charge in [-0.25, -0.2) is 15.0 Å². The van der Waals surface area contributed by atoms with Crippen LogP contribution in [0.5, 0.6) is 0 Å². The monoisotopic (exact) mass is 466 g/mol. The minimum Gasteiger partial charge on any atom is -0.464 e. The Balaban J connectivity index is 1.54. The molecule has 32 heavy (non-hydrogen) atoms. The van der Waals surface area contributed by atoms with Crippen LogP contribution in [-0.2, 0) is 13.0 Å². The predicted molar refractivity (Wildman–Crippen MR) is 130 cm³/mol. The summed E-state index contributed by atoms with van der Waals surface area (Å²) in [5.74, 6) is 2.40. The molecule has 3 N–H and O–H groups in total. The molecule has 0 bridgehead atoms. The van der Waals surface area contributed by atoms with Gasteiger partial charge in [0.1, 0.15) is 12.1 Å². The van der Waals surface area contributed by atoms with Crippen LogP contribution in [0.4, 0.5) is 5.82 Å². The first kappa shape index (κ1) is 21.4. The predicted octanol–water partition coefficient (Wildman–Crippen LogP) is 4.86. The zero-order chi connectivity index (χ0) is 22.1. The first-order valence-corrected chi connectivity index (χ1v) is 12.6. The number of nitrogens with two attached hydrogens (primary N) is 1. The van der Waals surface area contributed by atoms with Gasteiger partial charge in [0.2, 0.25) is 0 Å². The van der Waals surface area contributed by atoms with Crippen molar-refractivity contribution in [2.45, 2.75) is 54.2 Å². The maximum absolute atomic E-state index is 6.14. The fourth-order valence-corrected chi connectivity index (χ4v) is 6.09. The van der Waals surface area contributed by atoms with Crippen LogP contribution in [0.2, 0.25) is 0 Å². The van der Waals surface area contributed by atoms with E-state index >= 15 is 0 Å². The third-order valence-corrected chi connectivity index (χ3v) is 7.57. The lowest BCUT2D eigenvalue weighted by Crippen LogP contribution is -2.24. The number of nitrogen functional groups attached to an aromatic ring is 1. The summed E-state index contributed by atoms with van der Waals surface area (Å²) in [5.41, 5.74) is 10.1. The molecule has 0 atom stereocenters. The van der Waals surface area contributed by atoms with Crippen LogP contribution in [0.15, 0.2) is 56.2 Å². The number of benzene rings is 1. The number of nitrogens with one attached hydrogen (secondary N) is 1. The largest absolute Gasteiger partial charge is 0.464 e. The highest BCUT2D eigenvalue weighted by Gasteiger charge is 2.21. The molecule has 0 aliphatic carbocycles. The SMILES string of the molecule is CC(C)NCCCn1c(Sc2cc3c(cc2-c2ccco2)CCS3)nc2c(N)ncnc21. The van der Waals surface area contributed by atoms with Crippen molar-refractivity contribution < 1.29 is 4.42 Å². The molecule has 9 heteroatoms. The van der Waals surface area contributed by atoms with E-state index < -0.39 is 0 Å². The van der Waals surface area contributed by atoms with Crippen molar-refractivity contribution in [1.82, 2.24) is 24.8 Å². The first-order valence-electron chi connectivity index (χ1n) is 10.8. The Morgan fingerprint density at radius 1 is 1.31 bits per heavy atom. The van der Waals surface area contributed by atoms with Gasteiger partial charge in [0.15, 0.2) is 22.1 Å². The van der Waals surface area contributed by atoms with Gasteiger partial charge in [-0.1, -0.05) is 25.6 Å². The summed E-state index contributed by atoms with van der Waals surface area (Å²) in [6.07, 6.45) is 5.29. The number of anilines is 1. The second-order valence-electron chi connectivity index (χ2n) is 8.07. The third-order valence-electron chi connectivity index (χ3n) is 5.42. The van der Waals surface area contributed by atoms with E-state index in [4.69, 9.17) is 15.1 Å². The van der Waals surface area contributed by atoms with Gasteiger partial charge >= 0.3 is 0 Å². The average Bonchev–Trinajstić information content (AvgIpc) is 3.51. The maximum atomic E-state index is 6.14. The molecule has 4 heterocycles. The van der Waals surface area contributed by atoms with Gasteiger partial charge in [0, 0.05) is 33.7 Å². The Kier molecular flexibility index (Phi) is 6.12. The number of hydrogen-bond acceptors (Lipinski definition) is 8. The molecule has 1 aliphatic rings. The lowest BCUT2D eigenvalue weighted by Gasteiger charge is -2.13. The number of aryl methyl sites for hydroxylation is 2. The summed E-state index contributed by atoms with van der Waals surface area (Å²) in [6, 6.07) is 8.94. The summed E-state index contributed by atoms with van der Waals surface area (Å²) in [4.78, 5) is 16.0. The second kappa shape index (κ2) is 9.17. The smallest absolute Gasteiger partial charge is 0.175 e. The van der Waals surface area contributed by atoms with Crippen LogP contribution in [0.3, 0.4) is 0 Å². The molecule has 7 nitrogen and oxygen atoms in total. The molecular formula is C23H26N6OS2. The first-order chi connectivity index (χ1) is 15.6. The Morgan fingerprint density at radius 2 is 2.22 bits per heavy atom. The van der Waals surface area contributed by atoms with Gasteiger partial charge in [-0.05, 0) is 49.2 Å². The van der Waals surface area contributed by atoms with E-state index in [0.29, 0.717) is 17.4 Å². The molecule has 0 spiro atoms. The van der Waals surface area contributed by atoms with E-state index in [0.717, 1.165) is 58.7 Å². The highest BCUT2D eigenvalue weighted by Crippen LogP contribution is 2.43. The molecule has 4 aromatic rings. The summed E-state index contributed by atoms with van der Waals surface area (Å²) in [7, 11) is 0. The average molecular weight is 467 g/mol. The molecule has 0 fully saturated rings. The van der Waals surface area contributed by atoms with Gasteiger partial charge in [0.25, 0.3) is 0 Å². The fourth-order valence-electron chi connectivity index (χ4n) is 3.86. The van der Waals surface area contributed by atoms with E-state index in [2.05, 4.69) is 45.8 Å². The molecule has 5 rings (SSSR count). The quantitative estimate of drug-likeness (QED) is 0.356. The summed E-state index contributed by atoms with van der Waals surface area (Å²) >= 11 is 3.55. The van der Waals surface area contributed by atoms with Gasteiger partial charge < -0.3 is 20.0 Å². The minimum atomic E-state index is 0.409. The zero-order valence-electron chi connectivity index (χ0n) is 18.2. The Morgan fingerprint density at radius 3 is 3.03 bits per heavy atom. The molecule has 1 aromatic carbocycles. The van der Waals surface area contributed by atoms with Crippen molar-refractivity contribution in [3.8, 4) is 11.3 Å². The number of imidazole rings is 1. The number of hydrogen-bond donors (Lipinski definition) is 2. The lowest BCUT2D eigenvalue weighted by atomic mass is 10.1. The minimum absolute atomic E-state index is 0.409. The number of nitrogens with zero attached hydrogens (tertiary/aromatic N) is 4. The van der Waals surface area contributed by atoms with E-state index in [1.54, 1.807) is 18.0 Å². The van der Waals surface area contributed by atoms with E-state index in [1.165, 1.54) is 16.8 Å². The Bertz CT molecular complexity index is 1240. The van der Waals surface area contributed by atoms with E-state index in [1.807, 2.05) is 23.9 Å². The second-order valence-corrected chi connectivity index (χ2v) is 10.2. The molecule has 1 aliphatic heterocycles. The molecular weight excluding hydrogens is 440 g/mol. The highest BCUT2D eigenvalue weighted by molar-refractivity contribution is 8.00. The summed E-state index contributed by atoms with van der Waals surface area (Å²) in [6.45, 7) is 6.04. The van der Waals surface area contributed by atoms with Crippen LogP contribution < -0.4 is 11.1 Å². The van der Waals surface area contributed by atoms with Gasteiger partial charge in [0.05, 0.1) is 6.26 Å². The molecule has 0 saturated heterocycles. The van der Waals surface area contributed by atoms with Crippen molar-refractivity contribution in [3.05, 3.63) is 42.4 Å². The van der Waals surface area contributed by atoms with Crippen molar-refractivity contribution in [2.75, 3.05) is 18.0 Å². The van der Waals surface area contributed by atoms with Crippen molar-refractivity contribution in [2.24, 2.45) is 0 Å². The van der Waals surface area contributed by atoms with Crippen LogP contribution in [0, 0.1) is 0 Å². The van der Waals surface area contributed by atoms with Crippen LogP contribution in [-0.4, -0.2) is 37.9 Å². The topological polar surface area (TPSA) is 94.8 Å². The van der Waals surface area contributed by atoms with Crippen LogP contribution >= 0.6 is 23.5 Å². The van der Waals surface area contributed by atoms with Gasteiger partial charge in [-0.3, -0.25) is 0 Å². The normalized spacial score (nSPS) is 13.3. The van der Waals surface area contributed by atoms with Crippen LogP contribution in [0.1, 0.15) is 25.8 Å². The number of aromatic nitrogens is 4. The molecule has 166 valence electrons. The Hall–Kier alpha value is -2.49. The van der Waals surface area contributed by atoms with Gasteiger partial charge in [-0.15, -0.1) is 11.8 Å². The molecule has 0 amide bonds. The number of furan rings is 1.